The lowest BCUT2D eigenvalue weighted by atomic mass is 10.2. The molecule has 0 saturated heterocycles. The molecule has 3 aromatic rings. The van der Waals surface area contributed by atoms with Crippen LogP contribution in [0.5, 0.6) is 11.6 Å². The van der Waals surface area contributed by atoms with Crippen molar-refractivity contribution in [1.29, 1.82) is 0 Å². The minimum absolute atomic E-state index is 0.200. The topological polar surface area (TPSA) is 89.3 Å². The van der Waals surface area contributed by atoms with Gasteiger partial charge in [-0.25, -0.2) is 9.78 Å². The number of hydrogen-bond acceptors (Lipinski definition) is 5. The van der Waals surface area contributed by atoms with E-state index in [-0.39, 0.29) is 5.69 Å². The van der Waals surface area contributed by atoms with Crippen molar-refractivity contribution >= 4 is 22.8 Å². The first-order valence-corrected chi connectivity index (χ1v) is 7.02. The molecule has 0 aliphatic rings. The van der Waals surface area contributed by atoms with Crippen molar-refractivity contribution in [2.75, 3.05) is 12.4 Å². The lowest BCUT2D eigenvalue weighted by Crippen LogP contribution is -2.04. The number of carboxylic acids is 1. The molecule has 23 heavy (non-hydrogen) atoms. The number of carbonyl (C=O) groups is 1. The summed E-state index contributed by atoms with van der Waals surface area (Å²) in [5, 5.41) is 12.9. The van der Waals surface area contributed by atoms with Crippen LogP contribution in [0, 0.1) is 6.92 Å². The van der Waals surface area contributed by atoms with Crippen LogP contribution in [-0.4, -0.2) is 32.7 Å². The molecule has 0 radical (unpaired) electrons. The summed E-state index contributed by atoms with van der Waals surface area (Å²) in [5.74, 6) is 0.417. The van der Waals surface area contributed by atoms with Crippen LogP contribution in [0.1, 0.15) is 16.2 Å². The Morgan fingerprint density at radius 1 is 1.30 bits per heavy atom. The normalized spacial score (nSPS) is 10.7. The average molecular weight is 312 g/mol. The maximum Gasteiger partial charge on any atom is 0.352 e. The zero-order valence-corrected chi connectivity index (χ0v) is 13.0. The second-order valence-electron chi connectivity index (χ2n) is 5.11. The fourth-order valence-corrected chi connectivity index (χ4v) is 2.48. The highest BCUT2D eigenvalue weighted by molar-refractivity contribution is 5.96. The Bertz CT molecular complexity index is 902. The van der Waals surface area contributed by atoms with Crippen LogP contribution < -0.4 is 10.1 Å². The van der Waals surface area contributed by atoms with Gasteiger partial charge in [0.05, 0.1) is 5.52 Å². The Hall–Kier alpha value is -3.09. The number of ether oxygens (including phenoxy) is 1. The van der Waals surface area contributed by atoms with Gasteiger partial charge in [0.2, 0.25) is 11.8 Å². The van der Waals surface area contributed by atoms with Crippen molar-refractivity contribution in [3.8, 4) is 11.6 Å². The monoisotopic (exact) mass is 312 g/mol. The molecular formula is C16H16N4O3. The van der Waals surface area contributed by atoms with Gasteiger partial charge >= 0.3 is 5.97 Å². The summed E-state index contributed by atoms with van der Waals surface area (Å²) in [4.78, 5) is 19.8. The molecule has 0 bridgehead atoms. The smallest absolute Gasteiger partial charge is 0.352 e. The number of nitrogens with zero attached hydrogens (tertiary/aromatic N) is 3. The van der Waals surface area contributed by atoms with Gasteiger partial charge in [-0.05, 0) is 19.1 Å². The van der Waals surface area contributed by atoms with Gasteiger partial charge in [-0.1, -0.05) is 12.1 Å². The van der Waals surface area contributed by atoms with Crippen LogP contribution in [0.2, 0.25) is 0 Å². The molecule has 2 heterocycles. The van der Waals surface area contributed by atoms with Crippen molar-refractivity contribution in [1.82, 2.24) is 14.5 Å². The predicted octanol–water partition coefficient (Wildman–Crippen LogP) is 2.81. The quantitative estimate of drug-likeness (QED) is 0.770. The molecule has 0 atom stereocenters. The molecule has 0 saturated carbocycles. The van der Waals surface area contributed by atoms with Crippen molar-refractivity contribution in [2.45, 2.75) is 6.92 Å². The predicted molar refractivity (Wildman–Crippen MR) is 86.3 cm³/mol. The first kappa shape index (κ1) is 14.8. The summed E-state index contributed by atoms with van der Waals surface area (Å²) in [6, 6.07) is 8.79. The first-order chi connectivity index (χ1) is 11.0. The maximum atomic E-state index is 11.3. The van der Waals surface area contributed by atoms with E-state index in [0.29, 0.717) is 23.1 Å². The third kappa shape index (κ3) is 2.68. The van der Waals surface area contributed by atoms with Gasteiger partial charge in [0.15, 0.2) is 5.75 Å². The van der Waals surface area contributed by atoms with Gasteiger partial charge in [0.25, 0.3) is 0 Å². The SMILES string of the molecule is CNc1nc(C)cc(Oc2cccc3cc(C(=O)O)n(C)c23)n1. The number of hydrogen-bond donors (Lipinski definition) is 2. The lowest BCUT2D eigenvalue weighted by molar-refractivity contribution is 0.0687. The molecule has 0 aliphatic heterocycles. The minimum Gasteiger partial charge on any atom is -0.477 e. The van der Waals surface area contributed by atoms with Crippen molar-refractivity contribution in [2.24, 2.45) is 7.05 Å². The Labute approximate surface area is 132 Å². The summed E-state index contributed by atoms with van der Waals surface area (Å²) in [6.45, 7) is 1.85. The molecule has 2 aromatic heterocycles. The number of fused-ring (bicyclic) bond motifs is 1. The third-order valence-corrected chi connectivity index (χ3v) is 3.51. The number of para-hydroxylation sites is 1. The number of benzene rings is 1. The Kier molecular flexibility index (Phi) is 3.61. The van der Waals surface area contributed by atoms with E-state index in [0.717, 1.165) is 11.1 Å². The summed E-state index contributed by atoms with van der Waals surface area (Å²) >= 11 is 0. The second-order valence-corrected chi connectivity index (χ2v) is 5.11. The second kappa shape index (κ2) is 5.60. The zero-order chi connectivity index (χ0) is 16.6. The summed E-state index contributed by atoms with van der Waals surface area (Å²) in [7, 11) is 3.43. The molecule has 0 fully saturated rings. The number of aromatic carboxylic acids is 1. The van der Waals surface area contributed by atoms with Crippen molar-refractivity contribution < 1.29 is 14.6 Å². The fourth-order valence-electron chi connectivity index (χ4n) is 2.48. The van der Waals surface area contributed by atoms with Crippen LogP contribution >= 0.6 is 0 Å². The molecule has 0 spiro atoms. The van der Waals surface area contributed by atoms with Crippen molar-refractivity contribution in [3.05, 3.63) is 41.7 Å². The third-order valence-electron chi connectivity index (χ3n) is 3.51. The van der Waals surface area contributed by atoms with Crippen molar-refractivity contribution in [3.63, 3.8) is 0 Å². The first-order valence-electron chi connectivity index (χ1n) is 7.02. The Morgan fingerprint density at radius 2 is 2.09 bits per heavy atom. The summed E-state index contributed by atoms with van der Waals surface area (Å²) in [5.41, 5.74) is 1.67. The summed E-state index contributed by atoms with van der Waals surface area (Å²) < 4.78 is 7.48. The average Bonchev–Trinajstić information content (AvgIpc) is 2.85. The van der Waals surface area contributed by atoms with Gasteiger partial charge < -0.3 is 19.7 Å². The number of carboxylic acid groups (broad SMARTS) is 1. The van der Waals surface area contributed by atoms with Crippen LogP contribution in [0.4, 0.5) is 5.95 Å². The molecule has 0 aliphatic carbocycles. The van der Waals surface area contributed by atoms with Gasteiger partial charge in [-0.2, -0.15) is 4.98 Å². The van der Waals surface area contributed by atoms with Gasteiger partial charge in [-0.15, -0.1) is 0 Å². The van der Waals surface area contributed by atoms with Gasteiger partial charge in [-0.3, -0.25) is 0 Å². The van der Waals surface area contributed by atoms with E-state index < -0.39 is 5.97 Å². The highest BCUT2D eigenvalue weighted by atomic mass is 16.5. The fraction of sp³-hybridized carbons (Fsp3) is 0.188. The minimum atomic E-state index is -0.981. The molecule has 3 rings (SSSR count). The van der Waals surface area contributed by atoms with Crippen LogP contribution in [-0.2, 0) is 7.05 Å². The number of nitrogens with one attached hydrogen (secondary N) is 1. The number of aromatic nitrogens is 3. The molecule has 0 unspecified atom stereocenters. The van der Waals surface area contributed by atoms with E-state index in [1.165, 1.54) is 0 Å². The molecule has 2 N–H and O–H groups in total. The van der Waals surface area contributed by atoms with Gasteiger partial charge in [0.1, 0.15) is 5.69 Å². The maximum absolute atomic E-state index is 11.3. The van der Waals surface area contributed by atoms with E-state index in [2.05, 4.69) is 15.3 Å². The number of rotatable bonds is 4. The molecule has 7 heteroatoms. The molecule has 7 nitrogen and oxygen atoms in total. The van der Waals surface area contributed by atoms with Crippen LogP contribution in [0.15, 0.2) is 30.3 Å². The van der Waals surface area contributed by atoms with E-state index in [4.69, 9.17) is 4.74 Å². The molecule has 118 valence electrons. The Morgan fingerprint density at radius 3 is 2.78 bits per heavy atom. The van der Waals surface area contributed by atoms with E-state index in [1.54, 1.807) is 36.9 Å². The van der Waals surface area contributed by atoms with E-state index in [9.17, 15) is 9.90 Å². The highest BCUT2D eigenvalue weighted by Gasteiger charge is 2.16. The van der Waals surface area contributed by atoms with Gasteiger partial charge in [0, 0.05) is 31.2 Å². The largest absolute Gasteiger partial charge is 0.477 e. The molecular weight excluding hydrogens is 296 g/mol. The number of anilines is 1. The lowest BCUT2D eigenvalue weighted by Gasteiger charge is -2.10. The summed E-state index contributed by atoms with van der Waals surface area (Å²) in [6.07, 6.45) is 0. The highest BCUT2D eigenvalue weighted by Crippen LogP contribution is 2.31. The molecule has 1 aromatic carbocycles. The molecule has 0 amide bonds. The van der Waals surface area contributed by atoms with E-state index in [1.807, 2.05) is 19.1 Å². The number of aryl methyl sites for hydroxylation is 2. The van der Waals surface area contributed by atoms with E-state index >= 15 is 0 Å². The standard InChI is InChI=1S/C16H16N4O3/c1-9-7-13(19-16(17-2)18-9)23-12-6-4-5-10-8-11(15(21)22)20(3)14(10)12/h4-8H,1-3H3,(H,21,22)(H,17,18,19). The zero-order valence-electron chi connectivity index (χ0n) is 13.0. The Balaban J connectivity index is 2.10. The van der Waals surface area contributed by atoms with Crippen LogP contribution in [0.3, 0.4) is 0 Å². The van der Waals surface area contributed by atoms with Crippen LogP contribution in [0.25, 0.3) is 10.9 Å².